The normalized spacial score (nSPS) is 20.7. The number of ether oxygens (including phenoxy) is 1. The van der Waals surface area contributed by atoms with Crippen molar-refractivity contribution in [2.45, 2.75) is 32.3 Å². The van der Waals surface area contributed by atoms with E-state index in [4.69, 9.17) is 15.5 Å². The van der Waals surface area contributed by atoms with Gasteiger partial charge in [0, 0.05) is 31.2 Å². The molecule has 0 spiro atoms. The van der Waals surface area contributed by atoms with Gasteiger partial charge in [-0.05, 0) is 22.6 Å². The summed E-state index contributed by atoms with van der Waals surface area (Å²) in [6.45, 7) is 9.28. The third-order valence-corrected chi connectivity index (χ3v) is 3.86. The number of halogens is 1. The van der Waals surface area contributed by atoms with Gasteiger partial charge in [-0.25, -0.2) is 9.97 Å². The number of morpholine rings is 1. The van der Waals surface area contributed by atoms with Crippen LogP contribution < -0.4 is 10.6 Å². The Morgan fingerprint density at radius 1 is 1.53 bits per heavy atom. The summed E-state index contributed by atoms with van der Waals surface area (Å²) in [6.07, 6.45) is 1.99. The molecule has 1 aliphatic rings. The Hall–Kier alpha value is -0.470. The average Bonchev–Trinajstić information content (AvgIpc) is 2.38. The summed E-state index contributed by atoms with van der Waals surface area (Å²) in [4.78, 5) is 11.4. The van der Waals surface area contributed by atoms with Gasteiger partial charge < -0.3 is 15.4 Å². The maximum absolute atomic E-state index is 5.69. The van der Waals surface area contributed by atoms with Gasteiger partial charge in [-0.1, -0.05) is 20.8 Å². The first-order valence-electron chi connectivity index (χ1n) is 6.51. The second-order valence-corrected chi connectivity index (χ2v) is 6.95. The van der Waals surface area contributed by atoms with Crippen molar-refractivity contribution in [3.8, 4) is 0 Å². The second kappa shape index (κ2) is 5.88. The number of rotatable bonds is 2. The minimum Gasteiger partial charge on any atom is -0.373 e. The van der Waals surface area contributed by atoms with Gasteiger partial charge in [0.15, 0.2) is 0 Å². The molecule has 1 saturated heterocycles. The molecule has 1 aliphatic heterocycles. The van der Waals surface area contributed by atoms with Crippen LogP contribution in [0.2, 0.25) is 0 Å². The zero-order valence-corrected chi connectivity index (χ0v) is 13.8. The fraction of sp³-hybridized carbons (Fsp3) is 0.692. The fourth-order valence-corrected chi connectivity index (χ4v) is 2.60. The highest BCUT2D eigenvalue weighted by Crippen LogP contribution is 2.25. The predicted molar refractivity (Wildman–Crippen MR) is 84.5 cm³/mol. The maximum Gasteiger partial charge on any atom is 0.145 e. The number of nitrogens with zero attached hydrogens (tertiary/aromatic N) is 3. The molecule has 2 rings (SSSR count). The van der Waals surface area contributed by atoms with Crippen LogP contribution >= 0.6 is 22.6 Å². The molecule has 19 heavy (non-hydrogen) atoms. The van der Waals surface area contributed by atoms with E-state index in [1.807, 2.05) is 6.20 Å². The highest BCUT2D eigenvalue weighted by molar-refractivity contribution is 14.1. The Morgan fingerprint density at radius 2 is 2.26 bits per heavy atom. The molecule has 1 aromatic rings. The summed E-state index contributed by atoms with van der Waals surface area (Å²) in [7, 11) is 0. The first-order chi connectivity index (χ1) is 8.91. The first-order valence-corrected chi connectivity index (χ1v) is 7.59. The van der Waals surface area contributed by atoms with Crippen molar-refractivity contribution < 1.29 is 4.74 Å². The van der Waals surface area contributed by atoms with E-state index in [-0.39, 0.29) is 11.5 Å². The highest BCUT2D eigenvalue weighted by atomic mass is 127. The summed E-state index contributed by atoms with van der Waals surface area (Å²) in [5, 5.41) is 0. The van der Waals surface area contributed by atoms with Crippen molar-refractivity contribution in [1.29, 1.82) is 0 Å². The van der Waals surface area contributed by atoms with Crippen LogP contribution in [0.25, 0.3) is 0 Å². The SMILES string of the molecule is CC(C)(C)c1ncc(I)c(N2CCOC(CN)C2)n1. The summed E-state index contributed by atoms with van der Waals surface area (Å²) in [5.74, 6) is 1.88. The monoisotopic (exact) mass is 376 g/mol. The minimum absolute atomic E-state index is 0.0430. The van der Waals surface area contributed by atoms with Crippen LogP contribution in [0, 0.1) is 3.57 Å². The molecule has 5 nitrogen and oxygen atoms in total. The highest BCUT2D eigenvalue weighted by Gasteiger charge is 2.25. The number of aromatic nitrogens is 2. The van der Waals surface area contributed by atoms with Crippen molar-refractivity contribution in [3.05, 3.63) is 15.6 Å². The summed E-state index contributed by atoms with van der Waals surface area (Å²) in [5.41, 5.74) is 5.65. The predicted octanol–water partition coefficient (Wildman–Crippen LogP) is 1.54. The van der Waals surface area contributed by atoms with Crippen LogP contribution in [-0.2, 0) is 10.2 Å². The van der Waals surface area contributed by atoms with E-state index in [9.17, 15) is 0 Å². The van der Waals surface area contributed by atoms with Gasteiger partial charge in [-0.15, -0.1) is 0 Å². The largest absolute Gasteiger partial charge is 0.373 e. The molecule has 1 fully saturated rings. The third kappa shape index (κ3) is 3.55. The minimum atomic E-state index is -0.0430. The lowest BCUT2D eigenvalue weighted by Crippen LogP contribution is -2.46. The van der Waals surface area contributed by atoms with E-state index < -0.39 is 0 Å². The van der Waals surface area contributed by atoms with E-state index in [1.54, 1.807) is 0 Å². The second-order valence-electron chi connectivity index (χ2n) is 5.79. The van der Waals surface area contributed by atoms with Gasteiger partial charge in [-0.2, -0.15) is 0 Å². The van der Waals surface area contributed by atoms with Crippen LogP contribution in [0.3, 0.4) is 0 Å². The molecule has 0 radical (unpaired) electrons. The fourth-order valence-electron chi connectivity index (χ4n) is 2.00. The van der Waals surface area contributed by atoms with Crippen LogP contribution in [0.5, 0.6) is 0 Å². The molecular weight excluding hydrogens is 355 g/mol. The number of hydrogen-bond acceptors (Lipinski definition) is 5. The Morgan fingerprint density at radius 3 is 2.89 bits per heavy atom. The third-order valence-electron chi connectivity index (χ3n) is 3.10. The molecule has 1 atom stereocenters. The molecule has 6 heteroatoms. The molecule has 0 amide bonds. The smallest absolute Gasteiger partial charge is 0.145 e. The van der Waals surface area contributed by atoms with E-state index >= 15 is 0 Å². The van der Waals surface area contributed by atoms with Crippen LogP contribution in [0.1, 0.15) is 26.6 Å². The van der Waals surface area contributed by atoms with Gasteiger partial charge in [0.25, 0.3) is 0 Å². The Balaban J connectivity index is 2.28. The Bertz CT molecular complexity index is 447. The topological polar surface area (TPSA) is 64.3 Å². The average molecular weight is 376 g/mol. The van der Waals surface area contributed by atoms with Crippen molar-refractivity contribution in [2.75, 3.05) is 31.1 Å². The molecule has 0 aromatic carbocycles. The van der Waals surface area contributed by atoms with E-state index in [2.05, 4.69) is 53.2 Å². The lowest BCUT2D eigenvalue weighted by molar-refractivity contribution is 0.0462. The zero-order chi connectivity index (χ0) is 14.0. The van der Waals surface area contributed by atoms with Crippen molar-refractivity contribution in [1.82, 2.24) is 9.97 Å². The van der Waals surface area contributed by atoms with Gasteiger partial charge in [0.2, 0.25) is 0 Å². The molecule has 0 saturated carbocycles. The van der Waals surface area contributed by atoms with E-state index in [0.717, 1.165) is 28.3 Å². The summed E-state index contributed by atoms with van der Waals surface area (Å²) >= 11 is 2.29. The lowest BCUT2D eigenvalue weighted by atomic mass is 9.96. The van der Waals surface area contributed by atoms with Gasteiger partial charge in [-0.3, -0.25) is 0 Å². The number of anilines is 1. The number of nitrogens with two attached hydrogens (primary N) is 1. The van der Waals surface area contributed by atoms with Crippen LogP contribution in [0.4, 0.5) is 5.82 Å². The van der Waals surface area contributed by atoms with Crippen molar-refractivity contribution >= 4 is 28.4 Å². The summed E-state index contributed by atoms with van der Waals surface area (Å²) in [6, 6.07) is 0. The Kier molecular flexibility index (Phi) is 4.62. The summed E-state index contributed by atoms with van der Waals surface area (Å²) < 4.78 is 6.68. The van der Waals surface area contributed by atoms with Crippen LogP contribution in [-0.4, -0.2) is 42.3 Å². The van der Waals surface area contributed by atoms with Crippen molar-refractivity contribution in [3.63, 3.8) is 0 Å². The lowest BCUT2D eigenvalue weighted by Gasteiger charge is -2.34. The zero-order valence-electron chi connectivity index (χ0n) is 11.7. The number of hydrogen-bond donors (Lipinski definition) is 1. The quantitative estimate of drug-likeness (QED) is 0.794. The van der Waals surface area contributed by atoms with E-state index in [0.29, 0.717) is 13.2 Å². The first kappa shape index (κ1) is 14.9. The molecule has 1 aromatic heterocycles. The molecule has 0 aliphatic carbocycles. The standard InChI is InChI=1S/C13H21IN4O/c1-13(2,3)12-16-7-10(14)11(17-12)18-4-5-19-9(6-15)8-18/h7,9H,4-6,8,15H2,1-3H3. The molecular formula is C13H21IN4O. The molecule has 1 unspecified atom stereocenters. The molecule has 2 heterocycles. The Labute approximate surface area is 128 Å². The molecule has 106 valence electrons. The molecule has 2 N–H and O–H groups in total. The maximum atomic E-state index is 5.69. The van der Waals surface area contributed by atoms with Gasteiger partial charge in [0.1, 0.15) is 11.6 Å². The van der Waals surface area contributed by atoms with E-state index in [1.165, 1.54) is 0 Å². The molecule has 0 bridgehead atoms. The van der Waals surface area contributed by atoms with Gasteiger partial charge >= 0.3 is 0 Å². The van der Waals surface area contributed by atoms with Crippen molar-refractivity contribution in [2.24, 2.45) is 5.73 Å². The van der Waals surface area contributed by atoms with Gasteiger partial charge in [0.05, 0.1) is 16.3 Å². The van der Waals surface area contributed by atoms with Crippen LogP contribution in [0.15, 0.2) is 6.20 Å².